The van der Waals surface area contributed by atoms with Crippen molar-refractivity contribution in [3.8, 4) is 0 Å². The maximum absolute atomic E-state index is 12.2. The number of nitrogens with one attached hydrogen (secondary N) is 2. The number of thioether (sulfide) groups is 1. The molecule has 120 valence electrons. The van der Waals surface area contributed by atoms with Gasteiger partial charge in [-0.3, -0.25) is 9.59 Å². The monoisotopic (exact) mass is 348 g/mol. The molecule has 0 aromatic heterocycles. The van der Waals surface area contributed by atoms with Gasteiger partial charge in [0.15, 0.2) is 0 Å². The summed E-state index contributed by atoms with van der Waals surface area (Å²) < 4.78 is 0. The Morgan fingerprint density at radius 1 is 1.04 bits per heavy atom. The van der Waals surface area contributed by atoms with E-state index < -0.39 is 0 Å². The molecule has 0 saturated carbocycles. The zero-order valence-electron chi connectivity index (χ0n) is 12.8. The second-order valence-electron chi connectivity index (χ2n) is 4.97. The molecular weight excluding hydrogens is 332 g/mol. The lowest BCUT2D eigenvalue weighted by Crippen LogP contribution is -2.22. The highest BCUT2D eigenvalue weighted by Crippen LogP contribution is 2.27. The van der Waals surface area contributed by atoms with Crippen molar-refractivity contribution in [2.45, 2.75) is 24.0 Å². The molecule has 0 saturated heterocycles. The fourth-order valence-electron chi connectivity index (χ4n) is 1.92. The Labute approximate surface area is 144 Å². The number of carbonyl (C=O) groups excluding carboxylic acids is 2. The number of hydrogen-bond donors (Lipinski definition) is 2. The number of halogens is 1. The SMILES string of the molecule is CC(=O)Nc1cccc(SC(C)C(=O)Nc2cccc(Cl)c2)c1. The summed E-state index contributed by atoms with van der Waals surface area (Å²) in [6, 6.07) is 14.4. The second-order valence-corrected chi connectivity index (χ2v) is 6.82. The van der Waals surface area contributed by atoms with E-state index in [4.69, 9.17) is 11.6 Å². The van der Waals surface area contributed by atoms with Crippen LogP contribution in [0.15, 0.2) is 53.4 Å². The summed E-state index contributed by atoms with van der Waals surface area (Å²) in [4.78, 5) is 24.2. The minimum Gasteiger partial charge on any atom is -0.326 e. The lowest BCUT2D eigenvalue weighted by atomic mass is 10.3. The number of anilines is 2. The van der Waals surface area contributed by atoms with E-state index >= 15 is 0 Å². The minimum absolute atomic E-state index is 0.109. The highest BCUT2D eigenvalue weighted by atomic mass is 35.5. The van der Waals surface area contributed by atoms with Crippen molar-refractivity contribution in [2.24, 2.45) is 0 Å². The molecule has 0 aliphatic rings. The van der Waals surface area contributed by atoms with Gasteiger partial charge in [0.05, 0.1) is 5.25 Å². The molecule has 0 bridgehead atoms. The third-order valence-electron chi connectivity index (χ3n) is 2.93. The molecule has 4 nitrogen and oxygen atoms in total. The van der Waals surface area contributed by atoms with Crippen LogP contribution in [-0.4, -0.2) is 17.1 Å². The Bertz CT molecular complexity index is 721. The number of rotatable bonds is 5. The van der Waals surface area contributed by atoms with Crippen molar-refractivity contribution in [1.82, 2.24) is 0 Å². The lowest BCUT2D eigenvalue weighted by molar-refractivity contribution is -0.115. The molecule has 2 aromatic carbocycles. The van der Waals surface area contributed by atoms with E-state index in [1.807, 2.05) is 31.2 Å². The van der Waals surface area contributed by atoms with Crippen LogP contribution in [0.4, 0.5) is 11.4 Å². The third-order valence-corrected chi connectivity index (χ3v) is 4.26. The molecule has 2 N–H and O–H groups in total. The first kappa shape index (κ1) is 17.4. The summed E-state index contributed by atoms with van der Waals surface area (Å²) in [7, 11) is 0. The van der Waals surface area contributed by atoms with E-state index in [-0.39, 0.29) is 17.1 Å². The molecular formula is C17H17ClN2O2S. The van der Waals surface area contributed by atoms with E-state index in [1.54, 1.807) is 24.3 Å². The summed E-state index contributed by atoms with van der Waals surface area (Å²) in [5.41, 5.74) is 1.38. The number of carbonyl (C=O) groups is 2. The Hall–Kier alpha value is -1.98. The van der Waals surface area contributed by atoms with Gasteiger partial charge >= 0.3 is 0 Å². The Morgan fingerprint density at radius 3 is 2.35 bits per heavy atom. The summed E-state index contributed by atoms with van der Waals surface area (Å²) >= 11 is 7.33. The largest absolute Gasteiger partial charge is 0.326 e. The minimum atomic E-state index is -0.290. The first-order valence-electron chi connectivity index (χ1n) is 7.05. The van der Waals surface area contributed by atoms with Gasteiger partial charge < -0.3 is 10.6 Å². The fraction of sp³-hybridized carbons (Fsp3) is 0.176. The Balaban J connectivity index is 1.99. The summed E-state index contributed by atoms with van der Waals surface area (Å²) in [5, 5.41) is 5.85. The van der Waals surface area contributed by atoms with Crippen LogP contribution in [0.25, 0.3) is 0 Å². The average molecular weight is 349 g/mol. The highest BCUT2D eigenvalue weighted by molar-refractivity contribution is 8.00. The van der Waals surface area contributed by atoms with Crippen molar-refractivity contribution < 1.29 is 9.59 Å². The molecule has 0 heterocycles. The van der Waals surface area contributed by atoms with Crippen LogP contribution in [-0.2, 0) is 9.59 Å². The van der Waals surface area contributed by atoms with Crippen LogP contribution >= 0.6 is 23.4 Å². The molecule has 23 heavy (non-hydrogen) atoms. The van der Waals surface area contributed by atoms with E-state index in [0.29, 0.717) is 16.4 Å². The predicted octanol–water partition coefficient (Wildman–Crippen LogP) is 4.42. The van der Waals surface area contributed by atoms with E-state index in [1.165, 1.54) is 18.7 Å². The van der Waals surface area contributed by atoms with Crippen molar-refractivity contribution >= 4 is 46.6 Å². The summed E-state index contributed by atoms with van der Waals surface area (Å²) in [5.74, 6) is -0.235. The second kappa shape index (κ2) is 8.04. The number of amides is 2. The van der Waals surface area contributed by atoms with Crippen LogP contribution in [0, 0.1) is 0 Å². The van der Waals surface area contributed by atoms with Gasteiger partial charge in [-0.25, -0.2) is 0 Å². The smallest absolute Gasteiger partial charge is 0.237 e. The standard InChI is InChI=1S/C17H17ClN2O2S/c1-11(17(22)20-14-6-3-5-13(18)9-14)23-16-8-4-7-15(10-16)19-12(2)21/h3-11H,1-2H3,(H,19,21)(H,20,22). The van der Waals surface area contributed by atoms with Gasteiger partial charge in [0.2, 0.25) is 11.8 Å². The van der Waals surface area contributed by atoms with Gasteiger partial charge in [0, 0.05) is 28.2 Å². The van der Waals surface area contributed by atoms with Crippen molar-refractivity contribution in [3.63, 3.8) is 0 Å². The van der Waals surface area contributed by atoms with E-state index in [0.717, 1.165) is 4.90 Å². The van der Waals surface area contributed by atoms with Crippen LogP contribution in [0.2, 0.25) is 5.02 Å². The van der Waals surface area contributed by atoms with Crippen LogP contribution in [0.1, 0.15) is 13.8 Å². The Morgan fingerprint density at radius 2 is 1.70 bits per heavy atom. The maximum atomic E-state index is 12.2. The first-order valence-corrected chi connectivity index (χ1v) is 8.30. The van der Waals surface area contributed by atoms with E-state index in [2.05, 4.69) is 10.6 Å². The van der Waals surface area contributed by atoms with E-state index in [9.17, 15) is 9.59 Å². The molecule has 1 unspecified atom stereocenters. The third kappa shape index (κ3) is 5.62. The molecule has 1 atom stereocenters. The number of benzene rings is 2. The average Bonchev–Trinajstić information content (AvgIpc) is 2.46. The molecule has 0 radical (unpaired) electrons. The molecule has 0 aliphatic carbocycles. The van der Waals surface area contributed by atoms with Gasteiger partial charge in [0.25, 0.3) is 0 Å². The predicted molar refractivity (Wildman–Crippen MR) is 96.1 cm³/mol. The molecule has 0 fully saturated rings. The zero-order valence-corrected chi connectivity index (χ0v) is 14.4. The van der Waals surface area contributed by atoms with Gasteiger partial charge in [-0.05, 0) is 43.3 Å². The van der Waals surface area contributed by atoms with Gasteiger partial charge in [-0.1, -0.05) is 23.7 Å². The Kier molecular flexibility index (Phi) is 6.07. The van der Waals surface area contributed by atoms with Crippen LogP contribution < -0.4 is 10.6 Å². The molecule has 2 aromatic rings. The van der Waals surface area contributed by atoms with Crippen LogP contribution in [0.5, 0.6) is 0 Å². The topological polar surface area (TPSA) is 58.2 Å². The first-order chi connectivity index (χ1) is 10.9. The molecule has 0 aliphatic heterocycles. The normalized spacial score (nSPS) is 11.6. The maximum Gasteiger partial charge on any atom is 0.237 e. The summed E-state index contributed by atoms with van der Waals surface area (Å²) in [6.07, 6.45) is 0. The van der Waals surface area contributed by atoms with Crippen LogP contribution in [0.3, 0.4) is 0 Å². The van der Waals surface area contributed by atoms with Gasteiger partial charge in [0.1, 0.15) is 0 Å². The molecule has 2 rings (SSSR count). The van der Waals surface area contributed by atoms with Gasteiger partial charge in [-0.2, -0.15) is 0 Å². The fourth-order valence-corrected chi connectivity index (χ4v) is 3.03. The van der Waals surface area contributed by atoms with Gasteiger partial charge in [-0.15, -0.1) is 11.8 Å². The molecule has 2 amide bonds. The number of hydrogen-bond acceptors (Lipinski definition) is 3. The quantitative estimate of drug-likeness (QED) is 0.786. The van der Waals surface area contributed by atoms with Crippen molar-refractivity contribution in [3.05, 3.63) is 53.6 Å². The molecule has 6 heteroatoms. The highest BCUT2D eigenvalue weighted by Gasteiger charge is 2.15. The lowest BCUT2D eigenvalue weighted by Gasteiger charge is -2.13. The van der Waals surface area contributed by atoms with Crippen molar-refractivity contribution in [1.29, 1.82) is 0 Å². The summed E-state index contributed by atoms with van der Waals surface area (Å²) in [6.45, 7) is 3.29. The molecule has 0 spiro atoms. The zero-order chi connectivity index (χ0) is 16.8. The van der Waals surface area contributed by atoms with Crippen molar-refractivity contribution in [2.75, 3.05) is 10.6 Å².